The van der Waals surface area contributed by atoms with Crippen LogP contribution in [-0.4, -0.2) is 70.4 Å². The van der Waals surface area contributed by atoms with Crippen LogP contribution in [0, 0.1) is 5.41 Å². The molecule has 1 aromatic carbocycles. The zero-order valence-corrected chi connectivity index (χ0v) is 22.1. The van der Waals surface area contributed by atoms with Gasteiger partial charge in [0.1, 0.15) is 5.75 Å². The highest BCUT2D eigenvalue weighted by Crippen LogP contribution is 2.33. The molecule has 0 radical (unpaired) electrons. The molecule has 1 unspecified atom stereocenters. The zero-order valence-electron chi connectivity index (χ0n) is 21.3. The number of nitrogens with one attached hydrogen (secondary N) is 1. The largest absolute Gasteiger partial charge is 0.465 e. The molecular formula is C23H30F7NO7S. The quantitative estimate of drug-likeness (QED) is 0.126. The second kappa shape index (κ2) is 14.1. The highest BCUT2D eigenvalue weighted by molar-refractivity contribution is 7.87. The van der Waals surface area contributed by atoms with Crippen molar-refractivity contribution < 1.29 is 62.4 Å². The van der Waals surface area contributed by atoms with Gasteiger partial charge in [0, 0.05) is 6.54 Å². The molecule has 0 aromatic heterocycles. The minimum Gasteiger partial charge on any atom is -0.465 e. The van der Waals surface area contributed by atoms with Crippen LogP contribution in [0.15, 0.2) is 24.3 Å². The predicted octanol–water partition coefficient (Wildman–Crippen LogP) is 4.73. The van der Waals surface area contributed by atoms with Crippen LogP contribution in [-0.2, 0) is 24.4 Å². The Morgan fingerprint density at radius 3 is 1.97 bits per heavy atom. The van der Waals surface area contributed by atoms with Gasteiger partial charge in [0.05, 0.1) is 30.7 Å². The second-order valence-electron chi connectivity index (χ2n) is 9.03. The maximum atomic E-state index is 13.9. The smallest absolute Gasteiger partial charge is 0.401 e. The highest BCUT2D eigenvalue weighted by atomic mass is 32.2. The molecule has 0 aliphatic rings. The lowest BCUT2D eigenvalue weighted by Crippen LogP contribution is -2.53. The van der Waals surface area contributed by atoms with Crippen molar-refractivity contribution in [3.63, 3.8) is 0 Å². The summed E-state index contributed by atoms with van der Waals surface area (Å²) in [6.45, 7) is 1.83. The van der Waals surface area contributed by atoms with Crippen molar-refractivity contribution >= 4 is 22.1 Å². The van der Waals surface area contributed by atoms with E-state index < -0.39 is 64.1 Å². The number of rotatable bonds is 16. The summed E-state index contributed by atoms with van der Waals surface area (Å²) in [6.07, 6.45) is -8.07. The fourth-order valence-corrected chi connectivity index (χ4v) is 4.02. The standard InChI is InChI=1S/C23H30F7NO7S/c1-4-21(2,3)20(33)37-12-6-5-11-36-18(32)15-7-9-16(10-8-15)38-39(34,35)17(23(29,30)19(24)25)13-31-14-22(26,27)28/h7-10,17,19,31H,4-6,11-14H2,1-3H3. The summed E-state index contributed by atoms with van der Waals surface area (Å²) in [7, 11) is -5.58. The molecule has 0 spiro atoms. The molecule has 39 heavy (non-hydrogen) atoms. The third-order valence-electron chi connectivity index (χ3n) is 5.47. The SMILES string of the molecule is CCC(C)(C)C(=O)OCCCCOC(=O)c1ccc(OS(=O)(=O)C(CNCC(F)(F)F)C(F)(F)C(F)F)cc1. The van der Waals surface area contributed by atoms with E-state index in [-0.39, 0.29) is 24.7 Å². The van der Waals surface area contributed by atoms with Gasteiger partial charge in [-0.15, -0.1) is 0 Å². The van der Waals surface area contributed by atoms with Gasteiger partial charge in [-0.1, -0.05) is 6.92 Å². The van der Waals surface area contributed by atoms with Gasteiger partial charge in [0.25, 0.3) is 0 Å². The van der Waals surface area contributed by atoms with E-state index in [0.29, 0.717) is 19.3 Å². The van der Waals surface area contributed by atoms with Gasteiger partial charge in [-0.2, -0.15) is 30.4 Å². The van der Waals surface area contributed by atoms with E-state index in [0.717, 1.165) is 24.3 Å². The summed E-state index contributed by atoms with van der Waals surface area (Å²) >= 11 is 0. The Labute approximate surface area is 221 Å². The number of carbonyl (C=O) groups is 2. The first-order valence-corrected chi connectivity index (χ1v) is 13.1. The van der Waals surface area contributed by atoms with E-state index in [1.807, 2.05) is 6.92 Å². The van der Waals surface area contributed by atoms with Gasteiger partial charge in [0.15, 0.2) is 5.25 Å². The van der Waals surface area contributed by atoms with Crippen LogP contribution in [0.3, 0.4) is 0 Å². The number of hydrogen-bond acceptors (Lipinski definition) is 8. The van der Waals surface area contributed by atoms with Gasteiger partial charge in [-0.3, -0.25) is 4.79 Å². The lowest BCUT2D eigenvalue weighted by atomic mass is 9.91. The van der Waals surface area contributed by atoms with Crippen molar-refractivity contribution in [2.75, 3.05) is 26.3 Å². The van der Waals surface area contributed by atoms with Crippen LogP contribution >= 0.6 is 0 Å². The number of benzene rings is 1. The molecule has 1 rings (SSSR count). The Morgan fingerprint density at radius 1 is 0.949 bits per heavy atom. The third-order valence-corrected chi connectivity index (χ3v) is 7.07. The third kappa shape index (κ3) is 11.2. The zero-order chi connectivity index (χ0) is 30.1. The summed E-state index contributed by atoms with van der Waals surface area (Å²) in [5, 5.41) is -1.99. The Balaban J connectivity index is 2.71. The monoisotopic (exact) mass is 597 g/mol. The van der Waals surface area contributed by atoms with Crippen molar-refractivity contribution in [2.45, 2.75) is 63.8 Å². The van der Waals surface area contributed by atoms with Crippen LogP contribution in [0.5, 0.6) is 5.75 Å². The predicted molar refractivity (Wildman–Crippen MR) is 124 cm³/mol. The summed E-state index contributed by atoms with van der Waals surface area (Å²) in [6, 6.07) is 3.71. The van der Waals surface area contributed by atoms with Crippen LogP contribution in [0.4, 0.5) is 30.7 Å². The van der Waals surface area contributed by atoms with Crippen molar-refractivity contribution in [2.24, 2.45) is 5.41 Å². The minimum absolute atomic E-state index is 0.0461. The van der Waals surface area contributed by atoms with Crippen LogP contribution in [0.25, 0.3) is 0 Å². The first-order chi connectivity index (χ1) is 17.8. The maximum Gasteiger partial charge on any atom is 0.401 e. The fourth-order valence-electron chi connectivity index (χ4n) is 2.71. The number of halogens is 7. The van der Waals surface area contributed by atoms with Crippen molar-refractivity contribution in [1.82, 2.24) is 5.32 Å². The van der Waals surface area contributed by atoms with Gasteiger partial charge < -0.3 is 19.0 Å². The lowest BCUT2D eigenvalue weighted by molar-refractivity contribution is -0.154. The van der Waals surface area contributed by atoms with Crippen molar-refractivity contribution in [3.05, 3.63) is 29.8 Å². The van der Waals surface area contributed by atoms with Gasteiger partial charge in [-0.05, 0) is 57.4 Å². The summed E-state index contributed by atoms with van der Waals surface area (Å²) in [5.74, 6) is -7.10. The molecule has 0 saturated carbocycles. The minimum atomic E-state index is -5.58. The van der Waals surface area contributed by atoms with Crippen molar-refractivity contribution in [1.29, 1.82) is 0 Å². The van der Waals surface area contributed by atoms with E-state index in [2.05, 4.69) is 4.18 Å². The molecule has 0 saturated heterocycles. The second-order valence-corrected chi connectivity index (χ2v) is 10.7. The van der Waals surface area contributed by atoms with E-state index in [1.54, 1.807) is 13.8 Å². The summed E-state index contributed by atoms with van der Waals surface area (Å²) in [4.78, 5) is 24.0. The number of alkyl halides is 7. The molecule has 16 heteroatoms. The Hall–Kier alpha value is -2.62. The molecule has 0 heterocycles. The van der Waals surface area contributed by atoms with Gasteiger partial charge in [-0.25, -0.2) is 13.6 Å². The highest BCUT2D eigenvalue weighted by Gasteiger charge is 2.56. The molecule has 0 aliphatic heterocycles. The number of unbranched alkanes of at least 4 members (excludes halogenated alkanes) is 1. The number of hydrogen-bond donors (Lipinski definition) is 1. The van der Waals surface area contributed by atoms with Crippen LogP contribution in [0.2, 0.25) is 0 Å². The molecule has 0 fully saturated rings. The Kier molecular flexibility index (Phi) is 12.5. The van der Waals surface area contributed by atoms with Crippen LogP contribution < -0.4 is 9.50 Å². The Morgan fingerprint density at radius 2 is 1.49 bits per heavy atom. The van der Waals surface area contributed by atoms with Crippen molar-refractivity contribution in [3.8, 4) is 5.75 Å². The fraction of sp³-hybridized carbons (Fsp3) is 0.652. The average molecular weight is 598 g/mol. The van der Waals surface area contributed by atoms with E-state index in [4.69, 9.17) is 9.47 Å². The molecule has 0 bridgehead atoms. The number of ether oxygens (including phenoxy) is 2. The molecular weight excluding hydrogens is 567 g/mol. The molecule has 1 atom stereocenters. The summed E-state index contributed by atoms with van der Waals surface area (Å²) in [5.41, 5.74) is -0.715. The van der Waals surface area contributed by atoms with E-state index in [1.165, 1.54) is 5.32 Å². The molecule has 0 amide bonds. The van der Waals surface area contributed by atoms with E-state index >= 15 is 0 Å². The maximum absolute atomic E-state index is 13.9. The number of carbonyl (C=O) groups excluding carboxylic acids is 2. The first-order valence-electron chi connectivity index (χ1n) is 11.6. The molecule has 1 aromatic rings. The summed E-state index contributed by atoms with van der Waals surface area (Å²) < 4.78 is 129. The molecule has 8 nitrogen and oxygen atoms in total. The topological polar surface area (TPSA) is 108 Å². The number of esters is 2. The van der Waals surface area contributed by atoms with Crippen LogP contribution in [0.1, 0.15) is 50.4 Å². The molecule has 1 N–H and O–H groups in total. The Bertz CT molecular complexity index is 1050. The molecule has 224 valence electrons. The van der Waals surface area contributed by atoms with Gasteiger partial charge in [0.2, 0.25) is 0 Å². The van der Waals surface area contributed by atoms with Gasteiger partial charge >= 0.3 is 40.6 Å². The first kappa shape index (κ1) is 34.4. The van der Waals surface area contributed by atoms with E-state index in [9.17, 15) is 48.7 Å². The molecule has 0 aliphatic carbocycles. The lowest BCUT2D eigenvalue weighted by Gasteiger charge is -2.26. The average Bonchev–Trinajstić information content (AvgIpc) is 2.82. The normalized spacial score (nSPS) is 13.7.